The van der Waals surface area contributed by atoms with Gasteiger partial charge in [0.1, 0.15) is 0 Å². The van der Waals surface area contributed by atoms with Crippen molar-refractivity contribution in [2.75, 3.05) is 0 Å². The summed E-state index contributed by atoms with van der Waals surface area (Å²) in [4.78, 5) is 0. The molecule has 0 heteroatoms. The van der Waals surface area contributed by atoms with Crippen LogP contribution in [0.3, 0.4) is 0 Å². The van der Waals surface area contributed by atoms with E-state index in [9.17, 15) is 0 Å². The molecular formula is C32H28. The van der Waals surface area contributed by atoms with Crippen LogP contribution in [0.5, 0.6) is 0 Å². The first-order chi connectivity index (χ1) is 15.4. The predicted octanol–water partition coefficient (Wildman–Crippen LogP) is 9.22. The second kappa shape index (κ2) is 8.13. The normalized spacial score (nSPS) is 11.1. The lowest BCUT2D eigenvalue weighted by molar-refractivity contribution is 1.50. The minimum absolute atomic E-state index is 1.32. The Morgan fingerprint density at radius 3 is 0.750 bits per heavy atom. The summed E-state index contributed by atoms with van der Waals surface area (Å²) >= 11 is 0. The topological polar surface area (TPSA) is 0 Å². The molecule has 0 aliphatic heterocycles. The molecule has 0 spiro atoms. The molecule has 0 aliphatic rings. The van der Waals surface area contributed by atoms with Gasteiger partial charge in [-0.25, -0.2) is 0 Å². The zero-order chi connectivity index (χ0) is 22.2. The Kier molecular flexibility index (Phi) is 5.15. The first-order valence-electron chi connectivity index (χ1n) is 11.3. The molecule has 0 saturated heterocycles. The van der Waals surface area contributed by atoms with E-state index in [2.05, 4.69) is 125 Å². The molecule has 0 fully saturated rings. The van der Waals surface area contributed by atoms with E-state index in [0.29, 0.717) is 0 Å². The maximum absolute atomic E-state index is 2.28. The molecule has 0 aromatic heterocycles. The van der Waals surface area contributed by atoms with Crippen molar-refractivity contribution in [3.63, 3.8) is 0 Å². The largest absolute Gasteiger partial charge is 0.0587 e. The highest BCUT2D eigenvalue weighted by molar-refractivity contribution is 5.99. The monoisotopic (exact) mass is 412 g/mol. The van der Waals surface area contributed by atoms with Gasteiger partial charge in [-0.1, -0.05) is 95.1 Å². The Balaban J connectivity index is 0.000000135. The maximum atomic E-state index is 2.28. The molecule has 0 radical (unpaired) electrons. The summed E-state index contributed by atoms with van der Waals surface area (Å²) in [5.41, 5.74) is 5.27. The standard InChI is InChI=1S/2C16H14/c1-11-3-5-13-10-16-8-12(2)4-6-14(16)9-15(13)7-11;1-11-3-5-13-9-14-6-4-12(2)8-16(14)10-15(13)7-11/h2*3-10H,1-2H3. The lowest BCUT2D eigenvalue weighted by Crippen LogP contribution is -1.79. The van der Waals surface area contributed by atoms with Crippen LogP contribution in [-0.2, 0) is 0 Å². The van der Waals surface area contributed by atoms with E-state index in [-0.39, 0.29) is 0 Å². The minimum atomic E-state index is 1.32. The van der Waals surface area contributed by atoms with Crippen molar-refractivity contribution < 1.29 is 0 Å². The second-order valence-corrected chi connectivity index (χ2v) is 9.11. The third kappa shape index (κ3) is 4.09. The molecule has 0 unspecified atom stereocenters. The number of hydrogen-bond acceptors (Lipinski definition) is 0. The van der Waals surface area contributed by atoms with Crippen LogP contribution in [0.2, 0.25) is 0 Å². The third-order valence-corrected chi connectivity index (χ3v) is 6.21. The molecular weight excluding hydrogens is 384 g/mol. The van der Waals surface area contributed by atoms with E-state index in [1.54, 1.807) is 0 Å². The number of fused-ring (bicyclic) bond motifs is 4. The zero-order valence-electron chi connectivity index (χ0n) is 19.2. The summed E-state index contributed by atoms with van der Waals surface area (Å²) < 4.78 is 0. The van der Waals surface area contributed by atoms with Gasteiger partial charge in [-0.2, -0.15) is 0 Å². The van der Waals surface area contributed by atoms with Crippen molar-refractivity contribution in [3.05, 3.63) is 119 Å². The summed E-state index contributed by atoms with van der Waals surface area (Å²) in [5, 5.41) is 10.6. The molecule has 0 nitrogen and oxygen atoms in total. The van der Waals surface area contributed by atoms with Crippen molar-refractivity contribution in [2.45, 2.75) is 27.7 Å². The van der Waals surface area contributed by atoms with E-state index in [4.69, 9.17) is 0 Å². The van der Waals surface area contributed by atoms with Gasteiger partial charge in [0, 0.05) is 0 Å². The fourth-order valence-electron chi connectivity index (χ4n) is 4.47. The van der Waals surface area contributed by atoms with Crippen LogP contribution in [0.1, 0.15) is 22.3 Å². The van der Waals surface area contributed by atoms with Gasteiger partial charge < -0.3 is 0 Å². The van der Waals surface area contributed by atoms with Crippen LogP contribution in [0.15, 0.2) is 97.1 Å². The van der Waals surface area contributed by atoms with Gasteiger partial charge in [-0.05, 0) is 95.1 Å². The Hall–Kier alpha value is -3.64. The van der Waals surface area contributed by atoms with Crippen molar-refractivity contribution >= 4 is 43.1 Å². The Morgan fingerprint density at radius 2 is 0.469 bits per heavy atom. The fraction of sp³-hybridized carbons (Fsp3) is 0.125. The van der Waals surface area contributed by atoms with Crippen LogP contribution in [0.4, 0.5) is 0 Å². The summed E-state index contributed by atoms with van der Waals surface area (Å²) in [5.74, 6) is 0. The van der Waals surface area contributed by atoms with Crippen LogP contribution < -0.4 is 0 Å². The Labute approximate surface area is 190 Å². The summed E-state index contributed by atoms with van der Waals surface area (Å²) in [7, 11) is 0. The molecule has 0 aliphatic carbocycles. The third-order valence-electron chi connectivity index (χ3n) is 6.21. The molecule has 0 saturated carbocycles. The molecule has 0 N–H and O–H groups in total. The summed E-state index contributed by atoms with van der Waals surface area (Å²) in [6.45, 7) is 8.55. The molecule has 156 valence electrons. The van der Waals surface area contributed by atoms with Gasteiger partial charge in [0.25, 0.3) is 0 Å². The molecule has 0 heterocycles. The number of rotatable bonds is 0. The van der Waals surface area contributed by atoms with E-state index in [1.807, 2.05) is 0 Å². The van der Waals surface area contributed by atoms with Gasteiger partial charge in [-0.3, -0.25) is 0 Å². The van der Waals surface area contributed by atoms with Crippen molar-refractivity contribution in [3.8, 4) is 0 Å². The van der Waals surface area contributed by atoms with Crippen LogP contribution in [0, 0.1) is 27.7 Å². The first-order valence-corrected chi connectivity index (χ1v) is 11.3. The molecule has 0 amide bonds. The second-order valence-electron chi connectivity index (χ2n) is 9.11. The van der Waals surface area contributed by atoms with E-state index >= 15 is 0 Å². The molecule has 6 aromatic carbocycles. The average molecular weight is 413 g/mol. The molecule has 32 heavy (non-hydrogen) atoms. The average Bonchev–Trinajstić information content (AvgIpc) is 2.77. The highest BCUT2D eigenvalue weighted by Crippen LogP contribution is 2.25. The van der Waals surface area contributed by atoms with Gasteiger partial charge in [-0.15, -0.1) is 0 Å². The maximum Gasteiger partial charge on any atom is -0.0175 e. The lowest BCUT2D eigenvalue weighted by atomic mass is 10.0. The first kappa shape index (κ1) is 20.3. The van der Waals surface area contributed by atoms with Crippen molar-refractivity contribution in [1.82, 2.24) is 0 Å². The quantitative estimate of drug-likeness (QED) is 0.218. The van der Waals surface area contributed by atoms with Crippen LogP contribution >= 0.6 is 0 Å². The highest BCUT2D eigenvalue weighted by atomic mass is 14.0. The van der Waals surface area contributed by atoms with Crippen LogP contribution in [-0.4, -0.2) is 0 Å². The highest BCUT2D eigenvalue weighted by Gasteiger charge is 2.00. The molecule has 0 bridgehead atoms. The van der Waals surface area contributed by atoms with Gasteiger partial charge >= 0.3 is 0 Å². The zero-order valence-corrected chi connectivity index (χ0v) is 19.2. The number of hydrogen-bond donors (Lipinski definition) is 0. The van der Waals surface area contributed by atoms with Gasteiger partial charge in [0.15, 0.2) is 0 Å². The number of benzene rings is 6. The van der Waals surface area contributed by atoms with Crippen molar-refractivity contribution in [1.29, 1.82) is 0 Å². The summed E-state index contributed by atoms with van der Waals surface area (Å²) in [6, 6.07) is 35.6. The molecule has 6 rings (SSSR count). The van der Waals surface area contributed by atoms with E-state index in [1.165, 1.54) is 65.3 Å². The fourth-order valence-corrected chi connectivity index (χ4v) is 4.47. The van der Waals surface area contributed by atoms with Gasteiger partial charge in [0.05, 0.1) is 0 Å². The lowest BCUT2D eigenvalue weighted by Gasteiger charge is -2.04. The SMILES string of the molecule is Cc1ccc2cc3cc(C)ccc3cc2c1.Cc1ccc2cc3ccc(C)cc3cc2c1. The molecule has 6 aromatic rings. The Bertz CT molecular complexity index is 1480. The molecule has 0 atom stereocenters. The number of aryl methyl sites for hydroxylation is 4. The van der Waals surface area contributed by atoms with Crippen molar-refractivity contribution in [2.24, 2.45) is 0 Å². The van der Waals surface area contributed by atoms with Gasteiger partial charge in [0.2, 0.25) is 0 Å². The van der Waals surface area contributed by atoms with Crippen LogP contribution in [0.25, 0.3) is 43.1 Å². The predicted molar refractivity (Wildman–Crippen MR) is 142 cm³/mol. The summed E-state index contributed by atoms with van der Waals surface area (Å²) in [6.07, 6.45) is 0. The minimum Gasteiger partial charge on any atom is -0.0587 e. The van der Waals surface area contributed by atoms with E-state index in [0.717, 1.165) is 0 Å². The Morgan fingerprint density at radius 1 is 0.250 bits per heavy atom. The van der Waals surface area contributed by atoms with E-state index < -0.39 is 0 Å². The smallest absolute Gasteiger partial charge is 0.0175 e.